The van der Waals surface area contributed by atoms with Crippen molar-refractivity contribution in [2.75, 3.05) is 7.11 Å². The molecule has 0 radical (unpaired) electrons. The van der Waals surface area contributed by atoms with Crippen molar-refractivity contribution in [2.24, 2.45) is 23.7 Å². The molecular weight excluding hydrogens is 476 g/mol. The molecule has 8 nitrogen and oxygen atoms in total. The highest BCUT2D eigenvalue weighted by Crippen LogP contribution is 2.50. The molecule has 37 heavy (non-hydrogen) atoms. The number of Topliss-reactive ketones (excluding diaryl/α,β-unsaturated/α-hetero) is 5. The Kier molecular flexibility index (Phi) is 6.10. The van der Waals surface area contributed by atoms with Crippen molar-refractivity contribution in [1.82, 2.24) is 0 Å². The number of carbonyl (C=O) groups excluding carboxylic acids is 5. The Hall–Kier alpha value is -3.65. The summed E-state index contributed by atoms with van der Waals surface area (Å²) in [6, 6.07) is 10.9. The molecule has 0 spiro atoms. The van der Waals surface area contributed by atoms with Gasteiger partial charge in [0.15, 0.2) is 28.7 Å². The van der Waals surface area contributed by atoms with Crippen LogP contribution in [0.3, 0.4) is 0 Å². The molecule has 0 heterocycles. The minimum Gasteiger partial charge on any atom is -0.507 e. The topological polar surface area (TPSA) is 135 Å². The van der Waals surface area contributed by atoms with Crippen LogP contribution in [0.4, 0.5) is 0 Å². The minimum atomic E-state index is -2.56. The number of aryl methyl sites for hydroxylation is 2. The molecule has 0 amide bonds. The van der Waals surface area contributed by atoms with Crippen molar-refractivity contribution in [2.45, 2.75) is 44.6 Å². The Morgan fingerprint density at radius 2 is 1.70 bits per heavy atom. The Morgan fingerprint density at radius 3 is 2.35 bits per heavy atom. The van der Waals surface area contributed by atoms with E-state index < -0.39 is 58.2 Å². The van der Waals surface area contributed by atoms with E-state index in [2.05, 4.69) is 0 Å². The van der Waals surface area contributed by atoms with E-state index in [0.29, 0.717) is 24.8 Å². The Morgan fingerprint density at radius 1 is 1.00 bits per heavy atom. The third-order valence-corrected chi connectivity index (χ3v) is 8.35. The number of benzene rings is 2. The van der Waals surface area contributed by atoms with Crippen molar-refractivity contribution in [3.05, 3.63) is 58.7 Å². The van der Waals surface area contributed by atoms with E-state index in [4.69, 9.17) is 4.74 Å². The summed E-state index contributed by atoms with van der Waals surface area (Å²) < 4.78 is 5.20. The van der Waals surface area contributed by atoms with Gasteiger partial charge in [-0.2, -0.15) is 0 Å². The lowest BCUT2D eigenvalue weighted by atomic mass is 9.53. The van der Waals surface area contributed by atoms with Crippen LogP contribution >= 0.6 is 0 Å². The largest absolute Gasteiger partial charge is 0.507 e. The second kappa shape index (κ2) is 9.03. The fourth-order valence-electron chi connectivity index (χ4n) is 6.46. The van der Waals surface area contributed by atoms with Crippen LogP contribution in [-0.2, 0) is 38.4 Å². The predicted molar refractivity (Wildman–Crippen MR) is 130 cm³/mol. The number of ether oxygens (including phenoxy) is 1. The molecule has 2 fully saturated rings. The first-order chi connectivity index (χ1) is 17.6. The summed E-state index contributed by atoms with van der Waals surface area (Å²) >= 11 is 0. The van der Waals surface area contributed by atoms with Gasteiger partial charge in [0.05, 0.1) is 18.6 Å². The summed E-state index contributed by atoms with van der Waals surface area (Å²) in [5, 5.41) is 21.9. The number of hydrogen-bond donors (Lipinski definition) is 2. The van der Waals surface area contributed by atoms with Gasteiger partial charge in [0.1, 0.15) is 23.2 Å². The van der Waals surface area contributed by atoms with Crippen molar-refractivity contribution in [3.8, 4) is 11.5 Å². The number of hydrogen-bond acceptors (Lipinski definition) is 8. The number of carbonyl (C=O) groups is 5. The van der Waals surface area contributed by atoms with E-state index in [1.807, 2.05) is 24.3 Å². The predicted octanol–water partition coefficient (Wildman–Crippen LogP) is 2.22. The zero-order valence-electron chi connectivity index (χ0n) is 20.7. The highest BCUT2D eigenvalue weighted by molar-refractivity contribution is 6.31. The van der Waals surface area contributed by atoms with E-state index in [9.17, 15) is 34.2 Å². The van der Waals surface area contributed by atoms with Gasteiger partial charge >= 0.3 is 0 Å². The van der Waals surface area contributed by atoms with Gasteiger partial charge in [-0.05, 0) is 73.4 Å². The van der Waals surface area contributed by atoms with Crippen LogP contribution in [0.25, 0.3) is 0 Å². The smallest absolute Gasteiger partial charge is 0.190 e. The van der Waals surface area contributed by atoms with Gasteiger partial charge in [-0.25, -0.2) is 0 Å². The molecule has 2 aromatic carbocycles. The summed E-state index contributed by atoms with van der Waals surface area (Å²) in [5.41, 5.74) is 0.0931. The maximum Gasteiger partial charge on any atom is 0.190 e. The first-order valence-electron chi connectivity index (χ1n) is 12.4. The number of fused-ring (bicyclic) bond motifs is 3. The van der Waals surface area contributed by atoms with Crippen molar-refractivity contribution >= 4 is 28.9 Å². The highest BCUT2D eigenvalue weighted by Gasteiger charge is 2.65. The molecule has 2 saturated carbocycles. The standard InChI is InChI=1S/C29H28O8/c1-14(30)23-22(32)13-18-11-17-12-20-16(6-3-15-4-8-19(37-2)9-5-15)7-10-21(31)25(20)26(33)24(17)28(35)29(18,36)27(23)34/h4-5,7-10,17-18,23-24,31,36H,3,6,11-13H2,1-2H3/t17-,18+,23?,24?,29-/m1/s1. The average molecular weight is 505 g/mol. The zero-order valence-corrected chi connectivity index (χ0v) is 20.7. The third kappa shape index (κ3) is 3.82. The molecule has 8 heteroatoms. The Bertz CT molecular complexity index is 1340. The molecule has 2 aromatic rings. The molecule has 0 aromatic heterocycles. The van der Waals surface area contributed by atoms with Gasteiger partial charge < -0.3 is 14.9 Å². The zero-order chi connectivity index (χ0) is 26.6. The normalized spacial score (nSPS) is 28.8. The van der Waals surface area contributed by atoms with Gasteiger partial charge in [-0.1, -0.05) is 18.2 Å². The van der Waals surface area contributed by atoms with Crippen LogP contribution in [0.1, 0.15) is 46.8 Å². The molecule has 3 aliphatic rings. The summed E-state index contributed by atoms with van der Waals surface area (Å²) in [6.45, 7) is 1.08. The SMILES string of the molecule is COc1ccc(CCc2ccc(O)c3c2C[C@H]2C[C@H]4CC(=O)C(C(C)=O)C(=O)[C@@]4(O)C(=O)C2C3=O)cc1. The number of aromatic hydroxyl groups is 1. The highest BCUT2D eigenvalue weighted by atomic mass is 16.5. The molecule has 2 N–H and O–H groups in total. The number of phenolic OH excluding ortho intramolecular Hbond substituents is 1. The molecular formula is C29H28O8. The quantitative estimate of drug-likeness (QED) is 0.592. The lowest BCUT2D eigenvalue weighted by Gasteiger charge is -2.48. The van der Waals surface area contributed by atoms with Crippen LogP contribution in [0, 0.1) is 23.7 Å². The van der Waals surface area contributed by atoms with E-state index in [-0.39, 0.29) is 24.2 Å². The fourth-order valence-corrected chi connectivity index (χ4v) is 6.46. The molecule has 0 saturated heterocycles. The summed E-state index contributed by atoms with van der Waals surface area (Å²) in [5.74, 6) is -8.05. The Balaban J connectivity index is 1.48. The van der Waals surface area contributed by atoms with E-state index in [0.717, 1.165) is 23.8 Å². The number of ketones is 5. The molecule has 5 atom stereocenters. The maximum atomic E-state index is 13.6. The van der Waals surface area contributed by atoms with Gasteiger partial charge in [0.2, 0.25) is 0 Å². The summed E-state index contributed by atoms with van der Waals surface area (Å²) in [6.07, 6.45) is 1.42. The number of aliphatic hydroxyl groups is 1. The number of rotatable bonds is 5. The Labute approximate surface area is 213 Å². The first kappa shape index (κ1) is 25.0. The third-order valence-electron chi connectivity index (χ3n) is 8.35. The van der Waals surface area contributed by atoms with Gasteiger partial charge in [-0.15, -0.1) is 0 Å². The van der Waals surface area contributed by atoms with Crippen LogP contribution in [0.5, 0.6) is 11.5 Å². The van der Waals surface area contributed by atoms with Crippen molar-refractivity contribution in [1.29, 1.82) is 0 Å². The van der Waals surface area contributed by atoms with Crippen LogP contribution in [0.15, 0.2) is 36.4 Å². The fraction of sp³-hybridized carbons (Fsp3) is 0.414. The summed E-state index contributed by atoms with van der Waals surface area (Å²) in [4.78, 5) is 64.8. The monoisotopic (exact) mass is 504 g/mol. The van der Waals surface area contributed by atoms with Crippen molar-refractivity contribution in [3.63, 3.8) is 0 Å². The molecule has 0 bridgehead atoms. The van der Waals surface area contributed by atoms with Crippen LogP contribution < -0.4 is 4.74 Å². The van der Waals surface area contributed by atoms with Gasteiger partial charge in [0, 0.05) is 12.3 Å². The first-order valence-corrected chi connectivity index (χ1v) is 12.4. The van der Waals surface area contributed by atoms with Gasteiger partial charge in [-0.3, -0.25) is 24.0 Å². The minimum absolute atomic E-state index is 0.0475. The molecule has 3 aliphatic carbocycles. The van der Waals surface area contributed by atoms with E-state index >= 15 is 0 Å². The van der Waals surface area contributed by atoms with Crippen LogP contribution in [-0.4, -0.2) is 51.8 Å². The second-order valence-electron chi connectivity index (χ2n) is 10.4. The molecule has 5 rings (SSSR count). The molecule has 0 aliphatic heterocycles. The average Bonchev–Trinajstić information content (AvgIpc) is 2.86. The summed E-state index contributed by atoms with van der Waals surface area (Å²) in [7, 11) is 1.60. The lowest BCUT2D eigenvalue weighted by Crippen LogP contribution is -2.67. The van der Waals surface area contributed by atoms with Crippen molar-refractivity contribution < 1.29 is 38.9 Å². The number of phenols is 1. The molecule has 192 valence electrons. The second-order valence-corrected chi connectivity index (χ2v) is 10.4. The maximum absolute atomic E-state index is 13.6. The van der Waals surface area contributed by atoms with Crippen LogP contribution in [0.2, 0.25) is 0 Å². The molecule has 2 unspecified atom stereocenters. The van der Waals surface area contributed by atoms with E-state index in [1.54, 1.807) is 13.2 Å². The van der Waals surface area contributed by atoms with Gasteiger partial charge in [0.25, 0.3) is 0 Å². The lowest BCUT2D eigenvalue weighted by molar-refractivity contribution is -0.175. The number of methoxy groups -OCH3 is 1. The van der Waals surface area contributed by atoms with E-state index in [1.165, 1.54) is 6.07 Å².